The van der Waals surface area contributed by atoms with Gasteiger partial charge in [-0.05, 0) is 0 Å². The second-order valence-electron chi connectivity index (χ2n) is 0.639. The highest BCUT2D eigenvalue weighted by molar-refractivity contribution is 5.85. The lowest BCUT2D eigenvalue weighted by Crippen LogP contribution is -2.06. The maximum absolute atomic E-state index is 10.6. The normalized spacial score (nSPS) is 7.86. The Morgan fingerprint density at radius 2 is 1.71 bits per heavy atom. The monoisotopic (exact) mass is 132 g/mol. The van der Waals surface area contributed by atoms with Gasteiger partial charge in [-0.25, -0.2) is 4.79 Å². The SMILES string of the molecule is Cl.O=C(O)C(F)F. The Hall–Kier alpha value is -0.380. The van der Waals surface area contributed by atoms with E-state index in [0.717, 1.165) is 0 Å². The predicted molar refractivity (Wildman–Crippen MR) is 20.9 cm³/mol. The molecule has 0 aliphatic rings. The summed E-state index contributed by atoms with van der Waals surface area (Å²) in [6, 6.07) is 0. The molecular formula is C2H3ClF2O2. The summed E-state index contributed by atoms with van der Waals surface area (Å²) in [5, 5.41) is 7.24. The Morgan fingerprint density at radius 3 is 1.71 bits per heavy atom. The minimum absolute atomic E-state index is 0. The quantitative estimate of drug-likeness (QED) is 0.572. The summed E-state index contributed by atoms with van der Waals surface area (Å²) in [6.45, 7) is 0. The fourth-order valence-corrected chi connectivity index (χ4v) is 0. The van der Waals surface area contributed by atoms with E-state index in [2.05, 4.69) is 0 Å². The molecule has 0 aliphatic carbocycles. The van der Waals surface area contributed by atoms with Crippen LogP contribution >= 0.6 is 12.4 Å². The third kappa shape index (κ3) is 5.62. The van der Waals surface area contributed by atoms with E-state index in [0.29, 0.717) is 0 Å². The second kappa shape index (κ2) is 3.80. The molecule has 1 N–H and O–H groups in total. The summed E-state index contributed by atoms with van der Waals surface area (Å²) in [5.74, 6) is -2.07. The number of carboxylic acid groups (broad SMARTS) is 1. The first-order valence-corrected chi connectivity index (χ1v) is 1.15. The number of carbonyl (C=O) groups is 1. The van der Waals surface area contributed by atoms with Gasteiger partial charge in [0.05, 0.1) is 0 Å². The van der Waals surface area contributed by atoms with Crippen LogP contribution in [0, 0.1) is 0 Å². The highest BCUT2D eigenvalue weighted by Gasteiger charge is 2.10. The van der Waals surface area contributed by atoms with Crippen molar-refractivity contribution in [2.45, 2.75) is 6.43 Å². The van der Waals surface area contributed by atoms with Crippen molar-refractivity contribution in [3.63, 3.8) is 0 Å². The van der Waals surface area contributed by atoms with Gasteiger partial charge in [0.15, 0.2) is 0 Å². The zero-order valence-corrected chi connectivity index (χ0v) is 3.91. The van der Waals surface area contributed by atoms with Gasteiger partial charge in [-0.1, -0.05) is 0 Å². The number of hydrogen-bond donors (Lipinski definition) is 1. The van der Waals surface area contributed by atoms with Gasteiger partial charge in [0.25, 0.3) is 0 Å². The molecule has 0 rings (SSSR count). The standard InChI is InChI=1S/C2H2F2O2.ClH/c3-1(4)2(5)6;/h1H,(H,5,6);1H. The van der Waals surface area contributed by atoms with Crippen molar-refractivity contribution in [3.8, 4) is 0 Å². The zero-order valence-electron chi connectivity index (χ0n) is 3.10. The molecule has 5 heteroatoms. The summed E-state index contributed by atoms with van der Waals surface area (Å²) in [7, 11) is 0. The van der Waals surface area contributed by atoms with E-state index >= 15 is 0 Å². The van der Waals surface area contributed by atoms with Crippen molar-refractivity contribution < 1.29 is 18.7 Å². The molecule has 0 unspecified atom stereocenters. The fourth-order valence-electron chi connectivity index (χ4n) is 0. The van der Waals surface area contributed by atoms with E-state index in [1.54, 1.807) is 0 Å². The lowest BCUT2D eigenvalue weighted by atomic mass is 10.7. The third-order valence-electron chi connectivity index (χ3n) is 0.187. The van der Waals surface area contributed by atoms with Crippen LogP contribution in [-0.4, -0.2) is 17.5 Å². The Balaban J connectivity index is 0. The average molecular weight is 132 g/mol. The summed E-state index contributed by atoms with van der Waals surface area (Å²) in [6.07, 6.45) is -3.23. The summed E-state index contributed by atoms with van der Waals surface area (Å²) in [4.78, 5) is 8.95. The first-order chi connectivity index (χ1) is 2.64. The summed E-state index contributed by atoms with van der Waals surface area (Å²) >= 11 is 0. The molecule has 0 radical (unpaired) electrons. The van der Waals surface area contributed by atoms with Gasteiger partial charge >= 0.3 is 12.4 Å². The smallest absolute Gasteiger partial charge is 0.371 e. The molecule has 44 valence electrons. The summed E-state index contributed by atoms with van der Waals surface area (Å²) in [5.41, 5.74) is 0. The van der Waals surface area contributed by atoms with Crippen LogP contribution in [0.2, 0.25) is 0 Å². The van der Waals surface area contributed by atoms with E-state index in [1.807, 2.05) is 0 Å². The van der Waals surface area contributed by atoms with Crippen molar-refractivity contribution in [2.24, 2.45) is 0 Å². The molecule has 0 atom stereocenters. The average Bonchev–Trinajstić information content (AvgIpc) is 1.36. The molecule has 0 aromatic carbocycles. The van der Waals surface area contributed by atoms with Crippen LogP contribution < -0.4 is 0 Å². The minimum Gasteiger partial charge on any atom is -0.477 e. The van der Waals surface area contributed by atoms with E-state index in [4.69, 9.17) is 9.90 Å². The number of halogens is 3. The van der Waals surface area contributed by atoms with Gasteiger partial charge in [0.2, 0.25) is 0 Å². The Kier molecular flexibility index (Phi) is 5.31. The lowest BCUT2D eigenvalue weighted by molar-refractivity contribution is -0.149. The van der Waals surface area contributed by atoms with Crippen molar-refractivity contribution in [2.75, 3.05) is 0 Å². The van der Waals surface area contributed by atoms with Gasteiger partial charge in [-0.3, -0.25) is 0 Å². The second-order valence-corrected chi connectivity index (χ2v) is 0.639. The van der Waals surface area contributed by atoms with Crippen LogP contribution in [0.3, 0.4) is 0 Å². The van der Waals surface area contributed by atoms with Crippen molar-refractivity contribution in [3.05, 3.63) is 0 Å². The van der Waals surface area contributed by atoms with Crippen LogP contribution in [0.15, 0.2) is 0 Å². The Labute approximate surface area is 44.5 Å². The van der Waals surface area contributed by atoms with E-state index in [9.17, 15) is 8.78 Å². The van der Waals surface area contributed by atoms with Crippen LogP contribution in [0.1, 0.15) is 0 Å². The molecule has 0 amide bonds. The van der Waals surface area contributed by atoms with Gasteiger partial charge in [0, 0.05) is 0 Å². The van der Waals surface area contributed by atoms with Gasteiger partial charge < -0.3 is 5.11 Å². The molecule has 0 aliphatic heterocycles. The van der Waals surface area contributed by atoms with Gasteiger partial charge in [0.1, 0.15) is 0 Å². The zero-order chi connectivity index (χ0) is 5.15. The van der Waals surface area contributed by atoms with Gasteiger partial charge in [-0.15, -0.1) is 12.4 Å². The number of hydrogen-bond acceptors (Lipinski definition) is 1. The largest absolute Gasteiger partial charge is 0.477 e. The Morgan fingerprint density at radius 1 is 1.57 bits per heavy atom. The molecule has 0 saturated carbocycles. The van der Waals surface area contributed by atoms with Crippen molar-refractivity contribution >= 4 is 18.4 Å². The maximum atomic E-state index is 10.6. The molecule has 7 heavy (non-hydrogen) atoms. The maximum Gasteiger partial charge on any atom is 0.371 e. The Bertz CT molecular complexity index is 64.7. The molecule has 0 spiro atoms. The van der Waals surface area contributed by atoms with E-state index in [-0.39, 0.29) is 12.4 Å². The predicted octanol–water partition coefficient (Wildman–Crippen LogP) is 0.758. The van der Waals surface area contributed by atoms with Crippen LogP contribution in [0.25, 0.3) is 0 Å². The molecule has 0 saturated heterocycles. The fraction of sp³-hybridized carbons (Fsp3) is 0.500. The molecular weight excluding hydrogens is 129 g/mol. The number of rotatable bonds is 1. The number of carboxylic acids is 1. The minimum atomic E-state index is -3.23. The van der Waals surface area contributed by atoms with E-state index < -0.39 is 12.4 Å². The van der Waals surface area contributed by atoms with Crippen LogP contribution in [0.5, 0.6) is 0 Å². The van der Waals surface area contributed by atoms with Crippen LogP contribution in [-0.2, 0) is 4.79 Å². The number of aliphatic carboxylic acids is 1. The molecule has 0 fully saturated rings. The van der Waals surface area contributed by atoms with Gasteiger partial charge in [-0.2, -0.15) is 8.78 Å². The van der Waals surface area contributed by atoms with Crippen molar-refractivity contribution in [1.82, 2.24) is 0 Å². The summed E-state index contributed by atoms with van der Waals surface area (Å²) < 4.78 is 21.1. The highest BCUT2D eigenvalue weighted by atomic mass is 35.5. The van der Waals surface area contributed by atoms with E-state index in [1.165, 1.54) is 0 Å². The molecule has 2 nitrogen and oxygen atoms in total. The third-order valence-corrected chi connectivity index (χ3v) is 0.187. The first-order valence-electron chi connectivity index (χ1n) is 1.15. The molecule has 0 bridgehead atoms. The first kappa shape index (κ1) is 9.80. The van der Waals surface area contributed by atoms with Crippen molar-refractivity contribution in [1.29, 1.82) is 0 Å². The topological polar surface area (TPSA) is 37.3 Å². The highest BCUT2D eigenvalue weighted by Crippen LogP contribution is 1.87. The lowest BCUT2D eigenvalue weighted by Gasteiger charge is -1.81. The number of alkyl halides is 2. The molecule has 0 aromatic rings. The molecule has 0 heterocycles. The molecule has 0 aromatic heterocycles. The van der Waals surface area contributed by atoms with Crippen LogP contribution in [0.4, 0.5) is 8.78 Å².